The summed E-state index contributed by atoms with van der Waals surface area (Å²) in [6, 6.07) is 2.43. The molecule has 1 N–H and O–H groups in total. The molecule has 1 aromatic heterocycles. The first-order valence-corrected chi connectivity index (χ1v) is 6.69. The maximum absolute atomic E-state index is 5.54. The van der Waals surface area contributed by atoms with E-state index in [1.54, 1.807) is 6.33 Å². The molecule has 0 radical (unpaired) electrons. The average Bonchev–Trinajstić information content (AvgIpc) is 2.45. The zero-order chi connectivity index (χ0) is 12.8. The van der Waals surface area contributed by atoms with Gasteiger partial charge in [0, 0.05) is 25.7 Å². The molecule has 0 spiro atoms. The van der Waals surface area contributed by atoms with Crippen molar-refractivity contribution in [2.75, 3.05) is 31.6 Å². The first-order valence-electron chi connectivity index (χ1n) is 6.69. The third-order valence-electron chi connectivity index (χ3n) is 3.26. The number of nitrogens with one attached hydrogen (secondary N) is 1. The predicted octanol–water partition coefficient (Wildman–Crippen LogP) is 1.45. The molecule has 2 rings (SSSR count). The first kappa shape index (κ1) is 13.1. The molecule has 18 heavy (non-hydrogen) atoms. The van der Waals surface area contributed by atoms with Crippen molar-refractivity contribution < 1.29 is 4.74 Å². The molecule has 1 unspecified atom stereocenters. The minimum absolute atomic E-state index is 0.507. The Morgan fingerprint density at radius 1 is 1.50 bits per heavy atom. The van der Waals surface area contributed by atoms with Crippen molar-refractivity contribution in [3.63, 3.8) is 0 Å². The van der Waals surface area contributed by atoms with Crippen LogP contribution in [0.2, 0.25) is 0 Å². The van der Waals surface area contributed by atoms with Gasteiger partial charge in [-0.05, 0) is 25.8 Å². The fourth-order valence-electron chi connectivity index (χ4n) is 2.16. The van der Waals surface area contributed by atoms with Gasteiger partial charge in [-0.2, -0.15) is 0 Å². The lowest BCUT2D eigenvalue weighted by atomic mass is 10.1. The molecule has 0 bridgehead atoms. The number of nitrogens with zero attached hydrogens (tertiary/aromatic N) is 3. The van der Waals surface area contributed by atoms with E-state index in [9.17, 15) is 0 Å². The standard InChI is InChI=1S/C13H22N4O/c1-3-7-18-13-8-12(15-10-16-13)17(2)11-5-4-6-14-9-11/h8,10-11,14H,3-7,9H2,1-2H3. The van der Waals surface area contributed by atoms with E-state index < -0.39 is 0 Å². The highest BCUT2D eigenvalue weighted by Gasteiger charge is 2.19. The van der Waals surface area contributed by atoms with Gasteiger partial charge in [0.2, 0.25) is 5.88 Å². The zero-order valence-electron chi connectivity index (χ0n) is 11.2. The second kappa shape index (κ2) is 6.54. The average molecular weight is 250 g/mol. The van der Waals surface area contributed by atoms with E-state index in [-0.39, 0.29) is 0 Å². The van der Waals surface area contributed by atoms with Gasteiger partial charge < -0.3 is 15.0 Å². The lowest BCUT2D eigenvalue weighted by molar-refractivity contribution is 0.304. The van der Waals surface area contributed by atoms with Gasteiger partial charge >= 0.3 is 0 Å². The van der Waals surface area contributed by atoms with Gasteiger partial charge in [0.15, 0.2) is 0 Å². The SMILES string of the molecule is CCCOc1cc(N(C)C2CCCNC2)ncn1. The maximum atomic E-state index is 5.54. The molecule has 1 saturated heterocycles. The van der Waals surface area contributed by atoms with Crippen LogP contribution in [0.25, 0.3) is 0 Å². The molecular formula is C13H22N4O. The molecule has 0 aromatic carbocycles. The molecule has 5 heteroatoms. The largest absolute Gasteiger partial charge is 0.478 e. The Balaban J connectivity index is 2.02. The minimum atomic E-state index is 0.507. The summed E-state index contributed by atoms with van der Waals surface area (Å²) in [5.74, 6) is 1.60. The molecule has 0 amide bonds. The van der Waals surface area contributed by atoms with Crippen LogP contribution in [-0.2, 0) is 0 Å². The molecule has 1 aromatic rings. The Hall–Kier alpha value is -1.36. The maximum Gasteiger partial charge on any atom is 0.218 e. The predicted molar refractivity (Wildman–Crippen MR) is 72.1 cm³/mol. The van der Waals surface area contributed by atoms with Crippen LogP contribution >= 0.6 is 0 Å². The number of hydrogen-bond donors (Lipinski definition) is 1. The second-order valence-corrected chi connectivity index (χ2v) is 4.67. The van der Waals surface area contributed by atoms with E-state index in [1.807, 2.05) is 6.07 Å². The van der Waals surface area contributed by atoms with E-state index in [1.165, 1.54) is 12.8 Å². The number of rotatable bonds is 5. The summed E-state index contributed by atoms with van der Waals surface area (Å²) < 4.78 is 5.54. The van der Waals surface area contributed by atoms with Crippen molar-refractivity contribution >= 4 is 5.82 Å². The van der Waals surface area contributed by atoms with Gasteiger partial charge in [-0.1, -0.05) is 6.92 Å². The summed E-state index contributed by atoms with van der Waals surface area (Å²) in [7, 11) is 2.09. The smallest absolute Gasteiger partial charge is 0.218 e. The van der Waals surface area contributed by atoms with E-state index in [4.69, 9.17) is 4.74 Å². The Morgan fingerprint density at radius 3 is 3.11 bits per heavy atom. The van der Waals surface area contributed by atoms with Crippen LogP contribution in [-0.4, -0.2) is 42.8 Å². The van der Waals surface area contributed by atoms with Gasteiger partial charge in [0.1, 0.15) is 12.1 Å². The molecule has 5 nitrogen and oxygen atoms in total. The van der Waals surface area contributed by atoms with Crippen molar-refractivity contribution in [2.24, 2.45) is 0 Å². The Bertz CT molecular complexity index is 366. The van der Waals surface area contributed by atoms with E-state index in [0.29, 0.717) is 18.5 Å². The quantitative estimate of drug-likeness (QED) is 0.857. The molecule has 1 atom stereocenters. The molecule has 100 valence electrons. The number of likely N-dealkylation sites (N-methyl/N-ethyl adjacent to an activating group) is 1. The molecule has 0 saturated carbocycles. The monoisotopic (exact) mass is 250 g/mol. The summed E-state index contributed by atoms with van der Waals surface area (Å²) in [5.41, 5.74) is 0. The first-order chi connectivity index (χ1) is 8.81. The highest BCUT2D eigenvalue weighted by atomic mass is 16.5. The normalized spacial score (nSPS) is 19.6. The van der Waals surface area contributed by atoms with E-state index in [2.05, 4.69) is 34.2 Å². The number of piperidine rings is 1. The molecular weight excluding hydrogens is 228 g/mol. The summed E-state index contributed by atoms with van der Waals surface area (Å²) in [6.07, 6.45) is 4.99. The lowest BCUT2D eigenvalue weighted by Gasteiger charge is -2.32. The Labute approximate surface area is 109 Å². The summed E-state index contributed by atoms with van der Waals surface area (Å²) >= 11 is 0. The van der Waals surface area contributed by atoms with Crippen molar-refractivity contribution in [3.8, 4) is 5.88 Å². The fraction of sp³-hybridized carbons (Fsp3) is 0.692. The van der Waals surface area contributed by atoms with Crippen LogP contribution in [0.15, 0.2) is 12.4 Å². The van der Waals surface area contributed by atoms with Crippen molar-refractivity contribution in [3.05, 3.63) is 12.4 Å². The van der Waals surface area contributed by atoms with Crippen LogP contribution in [0.3, 0.4) is 0 Å². The van der Waals surface area contributed by atoms with Crippen LogP contribution in [0.1, 0.15) is 26.2 Å². The Morgan fingerprint density at radius 2 is 2.39 bits per heavy atom. The van der Waals surface area contributed by atoms with Crippen molar-refractivity contribution in [1.29, 1.82) is 0 Å². The minimum Gasteiger partial charge on any atom is -0.478 e. The van der Waals surface area contributed by atoms with Gasteiger partial charge in [-0.3, -0.25) is 0 Å². The summed E-state index contributed by atoms with van der Waals surface area (Å²) in [6.45, 7) is 4.93. The number of aromatic nitrogens is 2. The molecule has 1 aliphatic rings. The molecule has 1 aliphatic heterocycles. The second-order valence-electron chi connectivity index (χ2n) is 4.67. The third-order valence-corrected chi connectivity index (χ3v) is 3.26. The molecule has 1 fully saturated rings. The van der Waals surface area contributed by atoms with Gasteiger partial charge in [-0.15, -0.1) is 0 Å². The van der Waals surface area contributed by atoms with E-state index in [0.717, 1.165) is 25.3 Å². The van der Waals surface area contributed by atoms with Crippen LogP contribution in [0.5, 0.6) is 5.88 Å². The van der Waals surface area contributed by atoms with Gasteiger partial charge in [0.05, 0.1) is 6.61 Å². The topological polar surface area (TPSA) is 50.3 Å². The molecule has 2 heterocycles. The van der Waals surface area contributed by atoms with Crippen LogP contribution in [0.4, 0.5) is 5.82 Å². The van der Waals surface area contributed by atoms with Crippen LogP contribution < -0.4 is 15.0 Å². The van der Waals surface area contributed by atoms with Crippen molar-refractivity contribution in [2.45, 2.75) is 32.2 Å². The summed E-state index contributed by atoms with van der Waals surface area (Å²) in [5, 5.41) is 3.42. The lowest BCUT2D eigenvalue weighted by Crippen LogP contribution is -2.44. The summed E-state index contributed by atoms with van der Waals surface area (Å²) in [4.78, 5) is 10.7. The fourth-order valence-corrected chi connectivity index (χ4v) is 2.16. The third kappa shape index (κ3) is 3.32. The number of hydrogen-bond acceptors (Lipinski definition) is 5. The number of ether oxygens (including phenoxy) is 1. The highest BCUT2D eigenvalue weighted by Crippen LogP contribution is 2.19. The highest BCUT2D eigenvalue weighted by molar-refractivity contribution is 5.41. The Kier molecular flexibility index (Phi) is 4.75. The zero-order valence-corrected chi connectivity index (χ0v) is 11.2. The van der Waals surface area contributed by atoms with Gasteiger partial charge in [0.25, 0.3) is 0 Å². The van der Waals surface area contributed by atoms with E-state index >= 15 is 0 Å². The van der Waals surface area contributed by atoms with Gasteiger partial charge in [-0.25, -0.2) is 9.97 Å². The van der Waals surface area contributed by atoms with Crippen LogP contribution in [0, 0.1) is 0 Å². The molecule has 0 aliphatic carbocycles. The van der Waals surface area contributed by atoms with Crippen molar-refractivity contribution in [1.82, 2.24) is 15.3 Å². The number of anilines is 1.